The van der Waals surface area contributed by atoms with Crippen LogP contribution < -0.4 is 0 Å². The Bertz CT molecular complexity index is 514. The lowest BCUT2D eigenvalue weighted by atomic mass is 10.0. The van der Waals surface area contributed by atoms with Crippen molar-refractivity contribution in [2.24, 2.45) is 0 Å². The summed E-state index contributed by atoms with van der Waals surface area (Å²) < 4.78 is 7.52. The van der Waals surface area contributed by atoms with E-state index < -0.39 is 0 Å². The van der Waals surface area contributed by atoms with Gasteiger partial charge in [-0.15, -0.1) is 0 Å². The second-order valence-corrected chi connectivity index (χ2v) is 6.01. The molecule has 1 aromatic rings. The molecule has 116 valence electrons. The van der Waals surface area contributed by atoms with Crippen molar-refractivity contribution in [2.45, 2.75) is 51.3 Å². The number of rotatable bonds is 3. The third kappa shape index (κ3) is 2.96. The van der Waals surface area contributed by atoms with Crippen molar-refractivity contribution in [2.75, 3.05) is 19.8 Å². The Kier molecular flexibility index (Phi) is 4.26. The first-order chi connectivity index (χ1) is 10.2. The fourth-order valence-corrected chi connectivity index (χ4v) is 3.17. The maximum atomic E-state index is 12.6. The molecule has 1 saturated heterocycles. The third-order valence-electron chi connectivity index (χ3n) is 4.44. The van der Waals surface area contributed by atoms with Crippen molar-refractivity contribution in [3.63, 3.8) is 0 Å². The van der Waals surface area contributed by atoms with E-state index in [9.17, 15) is 9.90 Å². The largest absolute Gasteiger partial charge is 0.394 e. The molecule has 3 rings (SSSR count). The molecule has 1 aromatic heterocycles. The number of amides is 1. The molecule has 2 unspecified atom stereocenters. The summed E-state index contributed by atoms with van der Waals surface area (Å²) in [7, 11) is 0. The van der Waals surface area contributed by atoms with Gasteiger partial charge in [-0.05, 0) is 26.2 Å². The quantitative estimate of drug-likeness (QED) is 0.874. The van der Waals surface area contributed by atoms with Crippen LogP contribution in [0.4, 0.5) is 0 Å². The number of nitrogens with zero attached hydrogens (tertiary/aromatic N) is 3. The predicted molar refractivity (Wildman–Crippen MR) is 76.9 cm³/mol. The number of aryl methyl sites for hydroxylation is 1. The van der Waals surface area contributed by atoms with Crippen molar-refractivity contribution in [1.82, 2.24) is 14.7 Å². The van der Waals surface area contributed by atoms with Gasteiger partial charge in [-0.25, -0.2) is 0 Å². The molecular formula is C15H23N3O3. The number of morpholine rings is 1. The number of ether oxygens (including phenoxy) is 1. The summed E-state index contributed by atoms with van der Waals surface area (Å²) in [6.45, 7) is 3.87. The fourth-order valence-electron chi connectivity index (χ4n) is 3.17. The molecule has 6 nitrogen and oxygen atoms in total. The first kappa shape index (κ1) is 14.5. The van der Waals surface area contributed by atoms with Crippen molar-refractivity contribution >= 4 is 5.91 Å². The molecule has 0 spiro atoms. The fraction of sp³-hybridized carbons (Fsp3) is 0.733. The molecule has 2 aliphatic rings. The van der Waals surface area contributed by atoms with Crippen LogP contribution in [-0.4, -0.2) is 57.6 Å². The number of carbonyl (C=O) groups is 1. The lowest BCUT2D eigenvalue weighted by Gasteiger charge is -2.37. The molecule has 0 aromatic carbocycles. The molecule has 0 bridgehead atoms. The standard InChI is InChI=1S/C15H23N3O3/c1-11-10-21-13(9-19)8-17(11)15(20)6-12-7-16-18-5-3-2-4-14(12)18/h7,11,13,19H,2-6,8-10H2,1H3. The highest BCUT2D eigenvalue weighted by molar-refractivity contribution is 5.79. The maximum absolute atomic E-state index is 12.6. The van der Waals surface area contributed by atoms with Crippen LogP contribution in [0.15, 0.2) is 6.20 Å². The molecule has 1 amide bonds. The second kappa shape index (κ2) is 6.15. The third-order valence-corrected chi connectivity index (χ3v) is 4.44. The van der Waals surface area contributed by atoms with Crippen molar-refractivity contribution in [3.8, 4) is 0 Å². The van der Waals surface area contributed by atoms with Gasteiger partial charge < -0.3 is 14.7 Å². The summed E-state index contributed by atoms with van der Waals surface area (Å²) in [5.41, 5.74) is 2.27. The van der Waals surface area contributed by atoms with Crippen LogP contribution >= 0.6 is 0 Å². The number of aliphatic hydroxyl groups is 1. The van der Waals surface area contributed by atoms with E-state index in [2.05, 4.69) is 5.10 Å². The van der Waals surface area contributed by atoms with Crippen molar-refractivity contribution in [1.29, 1.82) is 0 Å². The molecule has 0 radical (unpaired) electrons. The van der Waals surface area contributed by atoms with Crippen molar-refractivity contribution < 1.29 is 14.6 Å². The zero-order chi connectivity index (χ0) is 14.8. The molecule has 2 atom stereocenters. The van der Waals surface area contributed by atoms with E-state index in [1.807, 2.05) is 22.7 Å². The molecule has 0 aliphatic carbocycles. The predicted octanol–water partition coefficient (Wildman–Crippen LogP) is 0.370. The van der Waals surface area contributed by atoms with Gasteiger partial charge in [0, 0.05) is 24.3 Å². The van der Waals surface area contributed by atoms with E-state index in [-0.39, 0.29) is 24.7 Å². The minimum atomic E-state index is -0.258. The van der Waals surface area contributed by atoms with E-state index >= 15 is 0 Å². The van der Waals surface area contributed by atoms with Crippen LogP contribution in [0, 0.1) is 0 Å². The van der Waals surface area contributed by atoms with Crippen LogP contribution in [0.25, 0.3) is 0 Å². The van der Waals surface area contributed by atoms with Crippen LogP contribution in [-0.2, 0) is 28.9 Å². The van der Waals surface area contributed by atoms with Gasteiger partial charge in [0.2, 0.25) is 5.91 Å². The summed E-state index contributed by atoms with van der Waals surface area (Å²) in [5, 5.41) is 13.6. The number of aromatic nitrogens is 2. The van der Waals surface area contributed by atoms with Gasteiger partial charge in [0.25, 0.3) is 0 Å². The number of aliphatic hydroxyl groups excluding tert-OH is 1. The summed E-state index contributed by atoms with van der Waals surface area (Å²) in [4.78, 5) is 14.4. The van der Waals surface area contributed by atoms with Crippen LogP contribution in [0.2, 0.25) is 0 Å². The number of fused-ring (bicyclic) bond motifs is 1. The first-order valence-electron chi connectivity index (χ1n) is 7.74. The monoisotopic (exact) mass is 293 g/mol. The van der Waals surface area contributed by atoms with Gasteiger partial charge in [-0.2, -0.15) is 5.10 Å². The van der Waals surface area contributed by atoms with Gasteiger partial charge in [-0.1, -0.05) is 0 Å². The smallest absolute Gasteiger partial charge is 0.227 e. The van der Waals surface area contributed by atoms with Gasteiger partial charge in [0.15, 0.2) is 0 Å². The van der Waals surface area contributed by atoms with E-state index in [4.69, 9.17) is 4.74 Å². The molecular weight excluding hydrogens is 270 g/mol. The second-order valence-electron chi connectivity index (χ2n) is 6.01. The number of hydrogen-bond acceptors (Lipinski definition) is 4. The maximum Gasteiger partial charge on any atom is 0.227 e. The summed E-state index contributed by atoms with van der Waals surface area (Å²) in [5.74, 6) is 0.102. The summed E-state index contributed by atoms with van der Waals surface area (Å²) in [6.07, 6.45) is 5.34. The molecule has 2 aliphatic heterocycles. The molecule has 6 heteroatoms. The molecule has 1 fully saturated rings. The molecule has 1 N–H and O–H groups in total. The Labute approximate surface area is 124 Å². The molecule has 3 heterocycles. The average molecular weight is 293 g/mol. The Morgan fingerprint density at radius 3 is 3.19 bits per heavy atom. The highest BCUT2D eigenvalue weighted by Gasteiger charge is 2.30. The topological polar surface area (TPSA) is 67.6 Å². The Morgan fingerprint density at radius 1 is 1.52 bits per heavy atom. The zero-order valence-corrected chi connectivity index (χ0v) is 12.5. The number of carbonyl (C=O) groups excluding carboxylic acids is 1. The van der Waals surface area contributed by atoms with Crippen molar-refractivity contribution in [3.05, 3.63) is 17.5 Å². The van der Waals surface area contributed by atoms with Gasteiger partial charge in [0.05, 0.1) is 38.0 Å². The molecule has 21 heavy (non-hydrogen) atoms. The highest BCUT2D eigenvalue weighted by Crippen LogP contribution is 2.20. The Morgan fingerprint density at radius 2 is 2.38 bits per heavy atom. The van der Waals surface area contributed by atoms with Gasteiger partial charge >= 0.3 is 0 Å². The number of hydrogen-bond donors (Lipinski definition) is 1. The van der Waals surface area contributed by atoms with E-state index in [1.165, 1.54) is 18.5 Å². The Balaban J connectivity index is 1.69. The highest BCUT2D eigenvalue weighted by atomic mass is 16.5. The lowest BCUT2D eigenvalue weighted by molar-refractivity contribution is -0.145. The summed E-state index contributed by atoms with van der Waals surface area (Å²) >= 11 is 0. The minimum absolute atomic E-state index is 0.0420. The zero-order valence-electron chi connectivity index (χ0n) is 12.5. The Hall–Kier alpha value is -1.40. The SMILES string of the molecule is CC1COC(CO)CN1C(=O)Cc1cnn2c1CCCC2. The normalized spacial score (nSPS) is 25.7. The lowest BCUT2D eigenvalue weighted by Crippen LogP contribution is -2.52. The van der Waals surface area contributed by atoms with E-state index in [0.29, 0.717) is 19.6 Å². The minimum Gasteiger partial charge on any atom is -0.394 e. The van der Waals surface area contributed by atoms with Gasteiger partial charge in [0.1, 0.15) is 0 Å². The molecule has 0 saturated carbocycles. The van der Waals surface area contributed by atoms with Crippen LogP contribution in [0.3, 0.4) is 0 Å². The van der Waals surface area contributed by atoms with Gasteiger partial charge in [-0.3, -0.25) is 9.48 Å². The van der Waals surface area contributed by atoms with Crippen LogP contribution in [0.1, 0.15) is 31.0 Å². The summed E-state index contributed by atoms with van der Waals surface area (Å²) in [6, 6.07) is 0.0618. The van der Waals surface area contributed by atoms with E-state index in [0.717, 1.165) is 18.5 Å². The first-order valence-corrected chi connectivity index (χ1v) is 7.74. The van der Waals surface area contributed by atoms with E-state index in [1.54, 1.807) is 0 Å². The van der Waals surface area contributed by atoms with Crippen LogP contribution in [0.5, 0.6) is 0 Å². The average Bonchev–Trinajstić information content (AvgIpc) is 2.91.